The second-order valence-corrected chi connectivity index (χ2v) is 4.42. The summed E-state index contributed by atoms with van der Waals surface area (Å²) < 4.78 is 0. The molecule has 1 aromatic carbocycles. The number of halogens is 1. The second-order valence-electron chi connectivity index (χ2n) is 4.04. The van der Waals surface area contributed by atoms with Crippen molar-refractivity contribution >= 4 is 23.2 Å². The smallest absolute Gasteiger partial charge is 0.227 e. The number of benzene rings is 1. The van der Waals surface area contributed by atoms with E-state index in [-0.39, 0.29) is 5.91 Å². The summed E-state index contributed by atoms with van der Waals surface area (Å²) in [6, 6.07) is 4.03. The molecule has 0 radical (unpaired) electrons. The molecule has 0 aliphatic heterocycles. The molecule has 0 bridgehead atoms. The molecule has 16 heavy (non-hydrogen) atoms. The van der Waals surface area contributed by atoms with Crippen molar-refractivity contribution in [2.45, 2.75) is 27.2 Å². The van der Waals surface area contributed by atoms with Crippen LogP contribution < -0.4 is 4.90 Å². The molecule has 0 aliphatic rings. The van der Waals surface area contributed by atoms with Gasteiger partial charge in [0.25, 0.3) is 0 Å². The molecule has 0 spiro atoms. The van der Waals surface area contributed by atoms with E-state index in [0.29, 0.717) is 12.3 Å². The summed E-state index contributed by atoms with van der Waals surface area (Å²) in [6.07, 6.45) is 0.379. The zero-order chi connectivity index (χ0) is 12.3. The number of aryl methyl sites for hydroxylation is 1. The molecule has 1 aromatic rings. The van der Waals surface area contributed by atoms with Crippen molar-refractivity contribution in [2.75, 3.05) is 17.8 Å². The molecular formula is C13H18ClNO. The Balaban J connectivity index is 3.05. The Morgan fingerprint density at radius 1 is 1.25 bits per heavy atom. The molecule has 0 aliphatic carbocycles. The van der Waals surface area contributed by atoms with Crippen LogP contribution in [0.2, 0.25) is 0 Å². The van der Waals surface area contributed by atoms with Gasteiger partial charge in [0.2, 0.25) is 5.91 Å². The number of anilines is 1. The van der Waals surface area contributed by atoms with Crippen molar-refractivity contribution in [1.82, 2.24) is 0 Å². The van der Waals surface area contributed by atoms with E-state index in [9.17, 15) is 4.79 Å². The van der Waals surface area contributed by atoms with Crippen molar-refractivity contribution in [1.29, 1.82) is 0 Å². The van der Waals surface area contributed by atoms with Gasteiger partial charge in [-0.05, 0) is 43.5 Å². The molecule has 0 fully saturated rings. The Hall–Kier alpha value is -1.02. The van der Waals surface area contributed by atoms with Crippen LogP contribution in [0.4, 0.5) is 5.69 Å². The van der Waals surface area contributed by atoms with E-state index in [0.717, 1.165) is 11.3 Å². The number of hydrogen-bond donors (Lipinski definition) is 0. The number of carbonyl (C=O) groups is 1. The van der Waals surface area contributed by atoms with Gasteiger partial charge >= 0.3 is 0 Å². The summed E-state index contributed by atoms with van der Waals surface area (Å²) in [5.74, 6) is 0.425. The highest BCUT2D eigenvalue weighted by atomic mass is 35.5. The highest BCUT2D eigenvalue weighted by molar-refractivity contribution is 6.19. The second kappa shape index (κ2) is 5.35. The van der Waals surface area contributed by atoms with Crippen molar-refractivity contribution in [3.8, 4) is 0 Å². The van der Waals surface area contributed by atoms with E-state index in [1.54, 1.807) is 11.9 Å². The number of hydrogen-bond acceptors (Lipinski definition) is 1. The highest BCUT2D eigenvalue weighted by Crippen LogP contribution is 2.24. The average molecular weight is 240 g/mol. The van der Waals surface area contributed by atoms with E-state index < -0.39 is 0 Å². The van der Waals surface area contributed by atoms with Gasteiger partial charge in [0, 0.05) is 25.0 Å². The topological polar surface area (TPSA) is 20.3 Å². The number of nitrogens with zero attached hydrogens (tertiary/aromatic N) is 1. The summed E-state index contributed by atoms with van der Waals surface area (Å²) in [7, 11) is 1.80. The van der Waals surface area contributed by atoms with E-state index in [1.807, 2.05) is 19.1 Å². The lowest BCUT2D eigenvalue weighted by atomic mass is 10.0. The molecule has 0 saturated carbocycles. The zero-order valence-electron chi connectivity index (χ0n) is 10.3. The van der Waals surface area contributed by atoms with Gasteiger partial charge in [-0.25, -0.2) is 0 Å². The van der Waals surface area contributed by atoms with Crippen LogP contribution in [0.3, 0.4) is 0 Å². The van der Waals surface area contributed by atoms with Gasteiger partial charge in [-0.1, -0.05) is 6.07 Å². The normalized spacial score (nSPS) is 10.3. The summed E-state index contributed by atoms with van der Waals surface area (Å²) in [5.41, 5.74) is 4.62. The first kappa shape index (κ1) is 13.0. The zero-order valence-corrected chi connectivity index (χ0v) is 11.1. The fraction of sp³-hybridized carbons (Fsp3) is 0.462. The van der Waals surface area contributed by atoms with Gasteiger partial charge in [-0.2, -0.15) is 0 Å². The van der Waals surface area contributed by atoms with Gasteiger partial charge < -0.3 is 4.90 Å². The molecule has 1 rings (SSSR count). The van der Waals surface area contributed by atoms with Crippen molar-refractivity contribution in [2.24, 2.45) is 0 Å². The minimum Gasteiger partial charge on any atom is -0.315 e. The van der Waals surface area contributed by atoms with Crippen molar-refractivity contribution in [3.63, 3.8) is 0 Å². The Bertz CT molecular complexity index is 401. The molecule has 0 N–H and O–H groups in total. The minimum absolute atomic E-state index is 0.0568. The lowest BCUT2D eigenvalue weighted by Crippen LogP contribution is -2.27. The van der Waals surface area contributed by atoms with Crippen molar-refractivity contribution < 1.29 is 4.79 Å². The number of carbonyl (C=O) groups excluding carboxylic acids is 1. The Labute approximate surface area is 102 Å². The molecular weight excluding hydrogens is 222 g/mol. The van der Waals surface area contributed by atoms with Gasteiger partial charge in [0.1, 0.15) is 0 Å². The number of alkyl halides is 1. The van der Waals surface area contributed by atoms with Crippen LogP contribution in [-0.2, 0) is 4.79 Å². The predicted octanol–water partition coefficient (Wildman–Crippen LogP) is 3.20. The standard InChI is InChI=1S/C13H18ClNO/c1-9-5-6-12(11(3)10(9)2)15(4)13(16)7-8-14/h5-6H,7-8H2,1-4H3. The third-order valence-electron chi connectivity index (χ3n) is 3.07. The third kappa shape index (κ3) is 2.56. The van der Waals surface area contributed by atoms with Crippen LogP contribution in [0.5, 0.6) is 0 Å². The molecule has 2 nitrogen and oxygen atoms in total. The van der Waals surface area contributed by atoms with Crippen LogP contribution >= 0.6 is 11.6 Å². The van der Waals surface area contributed by atoms with E-state index in [4.69, 9.17) is 11.6 Å². The molecule has 0 atom stereocenters. The molecule has 88 valence electrons. The van der Waals surface area contributed by atoms with Gasteiger partial charge in [0.05, 0.1) is 0 Å². The molecule has 1 amide bonds. The van der Waals surface area contributed by atoms with Crippen LogP contribution in [-0.4, -0.2) is 18.8 Å². The first-order valence-corrected chi connectivity index (χ1v) is 5.91. The molecule has 3 heteroatoms. The predicted molar refractivity (Wildman–Crippen MR) is 69.4 cm³/mol. The minimum atomic E-state index is 0.0568. The van der Waals surface area contributed by atoms with Crippen LogP contribution in [0.15, 0.2) is 12.1 Å². The Morgan fingerprint density at radius 2 is 1.88 bits per heavy atom. The van der Waals surface area contributed by atoms with Crippen LogP contribution in [0.1, 0.15) is 23.1 Å². The fourth-order valence-electron chi connectivity index (χ4n) is 1.69. The molecule has 0 saturated heterocycles. The quantitative estimate of drug-likeness (QED) is 0.742. The largest absolute Gasteiger partial charge is 0.315 e. The monoisotopic (exact) mass is 239 g/mol. The van der Waals surface area contributed by atoms with Gasteiger partial charge in [-0.15, -0.1) is 11.6 Å². The third-order valence-corrected chi connectivity index (χ3v) is 3.26. The maximum absolute atomic E-state index is 11.7. The lowest BCUT2D eigenvalue weighted by Gasteiger charge is -2.21. The lowest BCUT2D eigenvalue weighted by molar-refractivity contribution is -0.117. The summed E-state index contributed by atoms with van der Waals surface area (Å²) >= 11 is 5.58. The van der Waals surface area contributed by atoms with Crippen LogP contribution in [0.25, 0.3) is 0 Å². The average Bonchev–Trinajstić information content (AvgIpc) is 2.26. The van der Waals surface area contributed by atoms with Gasteiger partial charge in [0.15, 0.2) is 0 Å². The van der Waals surface area contributed by atoms with Crippen molar-refractivity contribution in [3.05, 3.63) is 28.8 Å². The highest BCUT2D eigenvalue weighted by Gasteiger charge is 2.13. The summed E-state index contributed by atoms with van der Waals surface area (Å²) in [4.78, 5) is 13.4. The van der Waals surface area contributed by atoms with Crippen LogP contribution in [0, 0.1) is 20.8 Å². The Morgan fingerprint density at radius 3 is 2.44 bits per heavy atom. The number of rotatable bonds is 3. The molecule has 0 heterocycles. The Kier molecular flexibility index (Phi) is 4.36. The molecule has 0 unspecified atom stereocenters. The maximum Gasteiger partial charge on any atom is 0.227 e. The first-order valence-electron chi connectivity index (χ1n) is 5.38. The van der Waals surface area contributed by atoms with E-state index >= 15 is 0 Å². The molecule has 0 aromatic heterocycles. The maximum atomic E-state index is 11.7. The summed E-state index contributed by atoms with van der Waals surface area (Å²) in [5, 5.41) is 0. The van der Waals surface area contributed by atoms with Gasteiger partial charge in [-0.3, -0.25) is 4.79 Å². The van der Waals surface area contributed by atoms with E-state index in [2.05, 4.69) is 13.8 Å². The first-order chi connectivity index (χ1) is 7.49. The number of amides is 1. The fourth-order valence-corrected chi connectivity index (χ4v) is 1.85. The SMILES string of the molecule is Cc1ccc(N(C)C(=O)CCCl)c(C)c1C. The summed E-state index contributed by atoms with van der Waals surface area (Å²) in [6.45, 7) is 6.20. The van der Waals surface area contributed by atoms with E-state index in [1.165, 1.54) is 11.1 Å².